The minimum absolute atomic E-state index is 0.0370. The van der Waals surface area contributed by atoms with Crippen molar-refractivity contribution in [3.63, 3.8) is 0 Å². The van der Waals surface area contributed by atoms with E-state index >= 15 is 0 Å². The Labute approximate surface area is 221 Å². The zero-order valence-electron chi connectivity index (χ0n) is 21.5. The van der Waals surface area contributed by atoms with Crippen LogP contribution < -0.4 is 9.64 Å². The summed E-state index contributed by atoms with van der Waals surface area (Å²) in [6.45, 7) is 8.22. The standard InChI is InChI=1S/C27H31N5O3S2/c1-17(2)21-15-28-26(29-16-21)32-13-11-19(12-14-32)18(3)35-27-31-24-10-9-23(30-25(24)36-27)20-5-7-22(8-6-20)37(4,33)34/h5-10,15-19H,11-14H2,1-4H3. The fourth-order valence-corrected chi connectivity index (χ4v) is 6.00. The molecule has 0 radical (unpaired) electrons. The summed E-state index contributed by atoms with van der Waals surface area (Å²) < 4.78 is 29.7. The van der Waals surface area contributed by atoms with Crippen molar-refractivity contribution in [2.24, 2.45) is 5.92 Å². The number of ether oxygens (including phenoxy) is 1. The molecule has 0 spiro atoms. The summed E-state index contributed by atoms with van der Waals surface area (Å²) in [5, 5.41) is 0.620. The SMILES string of the molecule is CC(C)c1cnc(N2CCC(C(C)Oc3nc4ccc(-c5ccc(S(C)(=O)=O)cc5)nc4s3)CC2)nc1. The molecule has 8 nitrogen and oxygen atoms in total. The molecule has 1 atom stereocenters. The van der Waals surface area contributed by atoms with E-state index in [2.05, 4.69) is 40.6 Å². The smallest absolute Gasteiger partial charge is 0.276 e. The van der Waals surface area contributed by atoms with Crippen molar-refractivity contribution < 1.29 is 13.2 Å². The average Bonchev–Trinajstić information content (AvgIpc) is 3.30. The van der Waals surface area contributed by atoms with Gasteiger partial charge < -0.3 is 9.64 Å². The van der Waals surface area contributed by atoms with E-state index in [4.69, 9.17) is 9.72 Å². The van der Waals surface area contributed by atoms with Gasteiger partial charge in [0.25, 0.3) is 5.19 Å². The number of benzene rings is 1. The second-order valence-corrected chi connectivity index (χ2v) is 12.9. The number of anilines is 1. The largest absolute Gasteiger partial charge is 0.467 e. The molecule has 1 aromatic carbocycles. The van der Waals surface area contributed by atoms with Crippen molar-refractivity contribution in [3.8, 4) is 16.5 Å². The number of nitrogens with zero attached hydrogens (tertiary/aromatic N) is 5. The minimum Gasteiger partial charge on any atom is -0.467 e. The van der Waals surface area contributed by atoms with Gasteiger partial charge in [0.15, 0.2) is 9.84 Å². The molecule has 194 valence electrons. The topological polar surface area (TPSA) is 98.2 Å². The molecule has 0 amide bonds. The quantitative estimate of drug-likeness (QED) is 0.311. The average molecular weight is 538 g/mol. The van der Waals surface area contributed by atoms with Gasteiger partial charge >= 0.3 is 0 Å². The number of hydrogen-bond donors (Lipinski definition) is 0. The summed E-state index contributed by atoms with van der Waals surface area (Å²) in [6, 6.07) is 10.6. The lowest BCUT2D eigenvalue weighted by molar-refractivity contribution is 0.132. The Hall–Kier alpha value is -3.11. The second-order valence-electron chi connectivity index (χ2n) is 9.92. The second kappa shape index (κ2) is 10.3. The number of thiazole rings is 1. The van der Waals surface area contributed by atoms with E-state index in [0.29, 0.717) is 21.9 Å². The van der Waals surface area contributed by atoms with Crippen LogP contribution in [0.2, 0.25) is 0 Å². The van der Waals surface area contributed by atoms with Gasteiger partial charge in [0.05, 0.1) is 10.6 Å². The van der Waals surface area contributed by atoms with E-state index in [1.54, 1.807) is 24.3 Å². The Bertz CT molecular complexity index is 1480. The zero-order valence-corrected chi connectivity index (χ0v) is 23.1. The number of fused-ring (bicyclic) bond motifs is 1. The molecule has 0 saturated carbocycles. The lowest BCUT2D eigenvalue weighted by atomic mass is 9.92. The maximum absolute atomic E-state index is 11.7. The van der Waals surface area contributed by atoms with E-state index in [9.17, 15) is 8.42 Å². The van der Waals surface area contributed by atoms with Gasteiger partial charge in [-0.15, -0.1) is 0 Å². The number of aromatic nitrogens is 4. The summed E-state index contributed by atoms with van der Waals surface area (Å²) in [5.74, 6) is 1.65. The fourth-order valence-electron chi connectivity index (χ4n) is 4.50. The highest BCUT2D eigenvalue weighted by Crippen LogP contribution is 2.32. The van der Waals surface area contributed by atoms with Crippen LogP contribution >= 0.6 is 11.3 Å². The molecule has 10 heteroatoms. The monoisotopic (exact) mass is 537 g/mol. The van der Waals surface area contributed by atoms with E-state index in [1.165, 1.54) is 17.6 Å². The molecule has 37 heavy (non-hydrogen) atoms. The van der Waals surface area contributed by atoms with Crippen molar-refractivity contribution in [1.82, 2.24) is 19.9 Å². The predicted molar refractivity (Wildman–Crippen MR) is 147 cm³/mol. The fraction of sp³-hybridized carbons (Fsp3) is 0.407. The van der Waals surface area contributed by atoms with E-state index in [-0.39, 0.29) is 6.10 Å². The van der Waals surface area contributed by atoms with Gasteiger partial charge in [-0.3, -0.25) is 0 Å². The lowest BCUT2D eigenvalue weighted by Crippen LogP contribution is -2.39. The van der Waals surface area contributed by atoms with Gasteiger partial charge in [0.2, 0.25) is 5.95 Å². The number of pyridine rings is 1. The van der Waals surface area contributed by atoms with Crippen molar-refractivity contribution in [2.75, 3.05) is 24.2 Å². The molecule has 1 aliphatic rings. The van der Waals surface area contributed by atoms with Crippen molar-refractivity contribution in [3.05, 3.63) is 54.4 Å². The highest BCUT2D eigenvalue weighted by molar-refractivity contribution is 7.90. The molecular formula is C27H31N5O3S2. The first-order valence-corrected chi connectivity index (χ1v) is 15.2. The number of hydrogen-bond acceptors (Lipinski definition) is 9. The minimum atomic E-state index is -3.23. The Morgan fingerprint density at radius 1 is 0.973 bits per heavy atom. The van der Waals surface area contributed by atoms with Crippen LogP contribution in [0.4, 0.5) is 5.95 Å². The van der Waals surface area contributed by atoms with E-state index in [1.807, 2.05) is 24.5 Å². The van der Waals surface area contributed by atoms with Crippen LogP contribution in [-0.2, 0) is 9.84 Å². The van der Waals surface area contributed by atoms with Gasteiger partial charge in [-0.25, -0.2) is 28.4 Å². The molecule has 0 aliphatic carbocycles. The van der Waals surface area contributed by atoms with Crippen molar-refractivity contribution >= 4 is 37.5 Å². The van der Waals surface area contributed by atoms with Gasteiger partial charge in [0, 0.05) is 37.3 Å². The molecule has 5 rings (SSSR count). The molecular weight excluding hydrogens is 506 g/mol. The number of sulfone groups is 1. The molecule has 1 unspecified atom stereocenters. The Morgan fingerprint density at radius 3 is 2.27 bits per heavy atom. The van der Waals surface area contributed by atoms with Crippen LogP contribution in [0.5, 0.6) is 5.19 Å². The van der Waals surface area contributed by atoms with Gasteiger partial charge in [-0.1, -0.05) is 37.3 Å². The van der Waals surface area contributed by atoms with Crippen LogP contribution in [0.25, 0.3) is 21.6 Å². The lowest BCUT2D eigenvalue weighted by Gasteiger charge is -2.34. The van der Waals surface area contributed by atoms with Crippen LogP contribution in [0.1, 0.15) is 45.1 Å². The Kier molecular flexibility index (Phi) is 7.13. The van der Waals surface area contributed by atoms with Crippen LogP contribution in [0.15, 0.2) is 53.7 Å². The number of piperidine rings is 1. The van der Waals surface area contributed by atoms with E-state index in [0.717, 1.165) is 59.0 Å². The first kappa shape index (κ1) is 25.5. The van der Waals surface area contributed by atoms with Gasteiger partial charge in [-0.2, -0.15) is 0 Å². The first-order chi connectivity index (χ1) is 17.7. The predicted octanol–water partition coefficient (Wildman–Crippen LogP) is 5.36. The molecule has 4 heterocycles. The third kappa shape index (κ3) is 5.75. The Morgan fingerprint density at radius 2 is 1.65 bits per heavy atom. The summed E-state index contributed by atoms with van der Waals surface area (Å²) in [5.41, 5.74) is 3.57. The van der Waals surface area contributed by atoms with E-state index < -0.39 is 9.84 Å². The zero-order chi connectivity index (χ0) is 26.2. The number of rotatable bonds is 7. The third-order valence-electron chi connectivity index (χ3n) is 6.91. The molecule has 0 bridgehead atoms. The van der Waals surface area contributed by atoms with Crippen LogP contribution in [0, 0.1) is 5.92 Å². The van der Waals surface area contributed by atoms with Crippen LogP contribution in [0.3, 0.4) is 0 Å². The molecule has 4 aromatic rings. The van der Waals surface area contributed by atoms with Gasteiger partial charge in [-0.05, 0) is 61.4 Å². The van der Waals surface area contributed by atoms with Crippen molar-refractivity contribution in [1.29, 1.82) is 0 Å². The van der Waals surface area contributed by atoms with Gasteiger partial charge in [0.1, 0.15) is 16.5 Å². The van der Waals surface area contributed by atoms with Crippen LogP contribution in [-0.4, -0.2) is 53.8 Å². The summed E-state index contributed by atoms with van der Waals surface area (Å²) >= 11 is 1.44. The summed E-state index contributed by atoms with van der Waals surface area (Å²) in [6.07, 6.45) is 7.12. The summed E-state index contributed by atoms with van der Waals surface area (Å²) in [7, 11) is -3.23. The molecule has 3 aromatic heterocycles. The molecule has 1 aliphatic heterocycles. The highest BCUT2D eigenvalue weighted by atomic mass is 32.2. The normalized spacial score (nSPS) is 15.9. The Balaban J connectivity index is 1.21. The summed E-state index contributed by atoms with van der Waals surface area (Å²) in [4.78, 5) is 21.9. The molecule has 1 fully saturated rings. The molecule has 1 saturated heterocycles. The highest BCUT2D eigenvalue weighted by Gasteiger charge is 2.27. The molecule has 0 N–H and O–H groups in total. The third-order valence-corrected chi connectivity index (χ3v) is 8.90. The maximum Gasteiger partial charge on any atom is 0.276 e. The first-order valence-electron chi connectivity index (χ1n) is 12.5. The maximum atomic E-state index is 11.7. The van der Waals surface area contributed by atoms with Crippen molar-refractivity contribution in [2.45, 2.75) is 50.5 Å².